The van der Waals surface area contributed by atoms with Crippen LogP contribution in [0.25, 0.3) is 11.1 Å². The van der Waals surface area contributed by atoms with Crippen molar-refractivity contribution in [3.05, 3.63) is 41.6 Å². The van der Waals surface area contributed by atoms with Crippen molar-refractivity contribution in [1.29, 1.82) is 5.26 Å². The molecule has 0 atom stereocenters. The standard InChI is InChI=1S/C25H30N2O4/c1-18(28)30-14-6-7-15-31-25-23(17-26)22(19-10-12-21(29-2)13-11-19)16-24(27-25)20-8-4-3-5-9-20/h10-13,16,20H,3-9,14-15H2,1-2H3. The molecule has 0 amide bonds. The van der Waals surface area contributed by atoms with Gasteiger partial charge in [-0.05, 0) is 49.4 Å². The van der Waals surface area contributed by atoms with E-state index in [1.165, 1.54) is 26.2 Å². The van der Waals surface area contributed by atoms with Crippen LogP contribution in [0.15, 0.2) is 30.3 Å². The summed E-state index contributed by atoms with van der Waals surface area (Å²) in [5.41, 5.74) is 3.23. The lowest BCUT2D eigenvalue weighted by atomic mass is 9.85. The van der Waals surface area contributed by atoms with Crippen molar-refractivity contribution >= 4 is 5.97 Å². The molecule has 0 N–H and O–H groups in total. The fourth-order valence-corrected chi connectivity index (χ4v) is 3.95. The summed E-state index contributed by atoms with van der Waals surface area (Å²) in [6.07, 6.45) is 7.32. The highest BCUT2D eigenvalue weighted by Crippen LogP contribution is 2.37. The Kier molecular flexibility index (Phi) is 8.28. The Morgan fingerprint density at radius 3 is 2.48 bits per heavy atom. The minimum Gasteiger partial charge on any atom is -0.497 e. The van der Waals surface area contributed by atoms with Crippen molar-refractivity contribution in [1.82, 2.24) is 4.98 Å². The van der Waals surface area contributed by atoms with Gasteiger partial charge in [0, 0.05) is 24.1 Å². The predicted molar refractivity (Wildman–Crippen MR) is 118 cm³/mol. The van der Waals surface area contributed by atoms with Crippen LogP contribution in [0.4, 0.5) is 0 Å². The van der Waals surface area contributed by atoms with Gasteiger partial charge in [0.2, 0.25) is 5.88 Å². The van der Waals surface area contributed by atoms with Crippen molar-refractivity contribution in [3.8, 4) is 28.8 Å². The predicted octanol–water partition coefficient (Wildman–Crippen LogP) is 5.40. The zero-order chi connectivity index (χ0) is 22.1. The van der Waals surface area contributed by atoms with Crippen molar-refractivity contribution < 1.29 is 19.0 Å². The van der Waals surface area contributed by atoms with Gasteiger partial charge >= 0.3 is 5.97 Å². The lowest BCUT2D eigenvalue weighted by molar-refractivity contribution is -0.141. The average Bonchev–Trinajstić information content (AvgIpc) is 2.81. The van der Waals surface area contributed by atoms with Crippen LogP contribution in [0.3, 0.4) is 0 Å². The van der Waals surface area contributed by atoms with E-state index in [0.29, 0.717) is 43.4 Å². The molecule has 1 aliphatic carbocycles. The number of carbonyl (C=O) groups excluding carboxylic acids is 1. The van der Waals surface area contributed by atoms with Crippen LogP contribution in [-0.2, 0) is 9.53 Å². The molecular weight excluding hydrogens is 392 g/mol. The molecule has 0 saturated heterocycles. The molecule has 0 radical (unpaired) electrons. The first-order chi connectivity index (χ1) is 15.1. The maximum Gasteiger partial charge on any atom is 0.302 e. The summed E-state index contributed by atoms with van der Waals surface area (Å²) in [6.45, 7) is 2.19. The molecule has 164 valence electrons. The number of aromatic nitrogens is 1. The van der Waals surface area contributed by atoms with Gasteiger partial charge in [-0.15, -0.1) is 0 Å². The van der Waals surface area contributed by atoms with Gasteiger partial charge in [0.05, 0.1) is 20.3 Å². The topological polar surface area (TPSA) is 81.4 Å². The van der Waals surface area contributed by atoms with Gasteiger partial charge in [0.25, 0.3) is 0 Å². The Bertz CT molecular complexity index is 912. The average molecular weight is 423 g/mol. The van der Waals surface area contributed by atoms with E-state index in [0.717, 1.165) is 35.4 Å². The normalized spacial score (nSPS) is 14.0. The lowest BCUT2D eigenvalue weighted by Gasteiger charge is -2.23. The summed E-state index contributed by atoms with van der Waals surface area (Å²) < 4.78 is 16.2. The summed E-state index contributed by atoms with van der Waals surface area (Å²) in [5, 5.41) is 9.91. The van der Waals surface area contributed by atoms with Crippen LogP contribution in [-0.4, -0.2) is 31.3 Å². The number of nitrogens with zero attached hydrogens (tertiary/aromatic N) is 2. The number of hydrogen-bond donors (Lipinski definition) is 0. The first-order valence-corrected chi connectivity index (χ1v) is 11.0. The summed E-state index contributed by atoms with van der Waals surface area (Å²) >= 11 is 0. The fraction of sp³-hybridized carbons (Fsp3) is 0.480. The molecule has 6 nitrogen and oxygen atoms in total. The second kappa shape index (κ2) is 11.4. The van der Waals surface area contributed by atoms with Gasteiger partial charge in [-0.25, -0.2) is 4.98 Å². The summed E-state index contributed by atoms with van der Waals surface area (Å²) in [4.78, 5) is 15.7. The number of carbonyl (C=O) groups is 1. The molecule has 31 heavy (non-hydrogen) atoms. The maximum absolute atomic E-state index is 10.9. The fourth-order valence-electron chi connectivity index (χ4n) is 3.95. The number of nitriles is 1. The monoisotopic (exact) mass is 422 g/mol. The Hall–Kier alpha value is -3.07. The van der Waals surface area contributed by atoms with Crippen LogP contribution in [0.2, 0.25) is 0 Å². The Labute approximate surface area is 184 Å². The molecule has 1 aliphatic rings. The van der Waals surface area contributed by atoms with Gasteiger partial charge in [-0.2, -0.15) is 5.26 Å². The van der Waals surface area contributed by atoms with E-state index < -0.39 is 0 Å². The number of rotatable bonds is 9. The van der Waals surface area contributed by atoms with E-state index in [1.54, 1.807) is 7.11 Å². The maximum atomic E-state index is 10.9. The number of methoxy groups -OCH3 is 1. The van der Waals surface area contributed by atoms with Crippen molar-refractivity contribution in [2.75, 3.05) is 20.3 Å². The highest BCUT2D eigenvalue weighted by molar-refractivity contribution is 5.73. The van der Waals surface area contributed by atoms with Gasteiger partial charge in [-0.1, -0.05) is 31.4 Å². The lowest BCUT2D eigenvalue weighted by Crippen LogP contribution is -2.10. The molecule has 1 fully saturated rings. The third-order valence-electron chi connectivity index (χ3n) is 5.63. The van der Waals surface area contributed by atoms with E-state index in [2.05, 4.69) is 12.1 Å². The second-order valence-electron chi connectivity index (χ2n) is 7.85. The third-order valence-corrected chi connectivity index (χ3v) is 5.63. The highest BCUT2D eigenvalue weighted by atomic mass is 16.5. The molecule has 6 heteroatoms. The highest BCUT2D eigenvalue weighted by Gasteiger charge is 2.22. The summed E-state index contributed by atoms with van der Waals surface area (Å²) in [6, 6.07) is 12.1. The summed E-state index contributed by atoms with van der Waals surface area (Å²) in [7, 11) is 1.64. The number of benzene rings is 1. The van der Waals surface area contributed by atoms with Crippen LogP contribution in [0.1, 0.15) is 69.0 Å². The molecule has 1 aromatic heterocycles. The van der Waals surface area contributed by atoms with Crippen LogP contribution >= 0.6 is 0 Å². The van der Waals surface area contributed by atoms with E-state index in [9.17, 15) is 10.1 Å². The molecule has 3 rings (SSSR count). The van der Waals surface area contributed by atoms with Gasteiger partial charge in [0.1, 0.15) is 17.4 Å². The van der Waals surface area contributed by atoms with Crippen molar-refractivity contribution in [2.45, 2.75) is 57.8 Å². The largest absolute Gasteiger partial charge is 0.497 e. The number of esters is 1. The van der Waals surface area contributed by atoms with Gasteiger partial charge in [0.15, 0.2) is 0 Å². The van der Waals surface area contributed by atoms with E-state index >= 15 is 0 Å². The summed E-state index contributed by atoms with van der Waals surface area (Å²) in [5.74, 6) is 1.28. The Balaban J connectivity index is 1.86. The van der Waals surface area contributed by atoms with E-state index in [1.807, 2.05) is 24.3 Å². The minimum absolute atomic E-state index is 0.279. The molecular formula is C25H30N2O4. The first kappa shape index (κ1) is 22.6. The second-order valence-corrected chi connectivity index (χ2v) is 7.85. The van der Waals surface area contributed by atoms with Crippen LogP contribution in [0.5, 0.6) is 11.6 Å². The molecule has 1 heterocycles. The van der Waals surface area contributed by atoms with Crippen LogP contribution < -0.4 is 9.47 Å². The minimum atomic E-state index is -0.279. The van der Waals surface area contributed by atoms with Crippen LogP contribution in [0, 0.1) is 11.3 Å². The van der Waals surface area contributed by atoms with Crippen molar-refractivity contribution in [3.63, 3.8) is 0 Å². The van der Waals surface area contributed by atoms with E-state index in [4.69, 9.17) is 19.2 Å². The Morgan fingerprint density at radius 2 is 1.84 bits per heavy atom. The molecule has 0 aliphatic heterocycles. The van der Waals surface area contributed by atoms with Gasteiger partial charge in [-0.3, -0.25) is 4.79 Å². The number of ether oxygens (including phenoxy) is 3. The van der Waals surface area contributed by atoms with Crippen molar-refractivity contribution in [2.24, 2.45) is 0 Å². The molecule has 1 saturated carbocycles. The van der Waals surface area contributed by atoms with E-state index in [-0.39, 0.29) is 5.97 Å². The molecule has 0 bridgehead atoms. The first-order valence-electron chi connectivity index (χ1n) is 11.0. The molecule has 2 aromatic rings. The van der Waals surface area contributed by atoms with Gasteiger partial charge < -0.3 is 14.2 Å². The quantitative estimate of drug-likeness (QED) is 0.398. The Morgan fingerprint density at radius 1 is 1.13 bits per heavy atom. The zero-order valence-electron chi connectivity index (χ0n) is 18.4. The number of unbranched alkanes of at least 4 members (excludes halogenated alkanes) is 1. The third kappa shape index (κ3) is 6.21. The molecule has 1 aromatic carbocycles. The zero-order valence-corrected chi connectivity index (χ0v) is 18.4. The number of hydrogen-bond acceptors (Lipinski definition) is 6. The molecule has 0 spiro atoms. The number of pyridine rings is 1. The smallest absolute Gasteiger partial charge is 0.302 e. The molecule has 0 unspecified atom stereocenters. The SMILES string of the molecule is COc1ccc(-c2cc(C3CCCCC3)nc(OCCCCOC(C)=O)c2C#N)cc1.